The summed E-state index contributed by atoms with van der Waals surface area (Å²) in [6.45, 7) is 0.333. The molecule has 0 radical (unpaired) electrons. The van der Waals surface area contributed by atoms with Crippen LogP contribution >= 0.6 is 0 Å². The van der Waals surface area contributed by atoms with Crippen LogP contribution in [0.4, 0.5) is 0 Å². The van der Waals surface area contributed by atoms with Gasteiger partial charge in [0.1, 0.15) is 5.75 Å². The number of amides is 2. The first kappa shape index (κ1) is 20.1. The van der Waals surface area contributed by atoms with Crippen LogP contribution in [0.1, 0.15) is 33.8 Å². The molecule has 0 saturated heterocycles. The number of benzene rings is 3. The minimum atomic E-state index is -0.588. The minimum Gasteiger partial charge on any atom is -0.483 e. The van der Waals surface area contributed by atoms with Gasteiger partial charge in [-0.25, -0.2) is 0 Å². The zero-order valence-corrected chi connectivity index (χ0v) is 16.1. The normalized spacial score (nSPS) is 10.5. The largest absolute Gasteiger partial charge is 0.483 e. The number of ether oxygens (including phenoxy) is 1. The molecule has 0 aromatic heterocycles. The SMILES string of the molecule is NC(=O)c1ccccc1OCC(=O)NCCC(c1ccccc1)c1ccccc1. The van der Waals surface area contributed by atoms with Crippen LogP contribution in [0.15, 0.2) is 84.9 Å². The van der Waals surface area contributed by atoms with Gasteiger partial charge in [0, 0.05) is 12.5 Å². The second-order valence-corrected chi connectivity index (χ2v) is 6.66. The molecule has 0 fully saturated rings. The van der Waals surface area contributed by atoms with Crippen molar-refractivity contribution in [2.75, 3.05) is 13.2 Å². The van der Waals surface area contributed by atoms with E-state index in [9.17, 15) is 9.59 Å². The van der Waals surface area contributed by atoms with Crippen molar-refractivity contribution in [2.24, 2.45) is 5.73 Å². The van der Waals surface area contributed by atoms with E-state index < -0.39 is 5.91 Å². The summed E-state index contributed by atoms with van der Waals surface area (Å²) < 4.78 is 5.47. The van der Waals surface area contributed by atoms with Crippen LogP contribution in [-0.2, 0) is 4.79 Å². The molecule has 0 heterocycles. The van der Waals surface area contributed by atoms with E-state index in [-0.39, 0.29) is 24.0 Å². The topological polar surface area (TPSA) is 81.4 Å². The molecule has 0 bridgehead atoms. The molecule has 0 atom stereocenters. The molecule has 148 valence electrons. The smallest absolute Gasteiger partial charge is 0.257 e. The lowest BCUT2D eigenvalue weighted by atomic mass is 9.88. The molecule has 5 heteroatoms. The van der Waals surface area contributed by atoms with Gasteiger partial charge in [-0.1, -0.05) is 72.8 Å². The molecule has 3 aromatic carbocycles. The van der Waals surface area contributed by atoms with Crippen molar-refractivity contribution >= 4 is 11.8 Å². The van der Waals surface area contributed by atoms with E-state index in [1.54, 1.807) is 24.3 Å². The van der Waals surface area contributed by atoms with Crippen molar-refractivity contribution in [2.45, 2.75) is 12.3 Å². The Morgan fingerprint density at radius 2 is 1.38 bits per heavy atom. The summed E-state index contributed by atoms with van der Waals surface area (Å²) >= 11 is 0. The van der Waals surface area contributed by atoms with E-state index in [0.29, 0.717) is 12.3 Å². The zero-order valence-electron chi connectivity index (χ0n) is 16.1. The second kappa shape index (κ2) is 10.1. The van der Waals surface area contributed by atoms with Crippen LogP contribution in [0.2, 0.25) is 0 Å². The van der Waals surface area contributed by atoms with E-state index in [1.807, 2.05) is 36.4 Å². The predicted octanol–water partition coefficient (Wildman–Crippen LogP) is 3.50. The van der Waals surface area contributed by atoms with Gasteiger partial charge in [-0.15, -0.1) is 0 Å². The van der Waals surface area contributed by atoms with Gasteiger partial charge in [-0.05, 0) is 29.7 Å². The summed E-state index contributed by atoms with van der Waals surface area (Å²) in [7, 11) is 0. The van der Waals surface area contributed by atoms with E-state index in [0.717, 1.165) is 6.42 Å². The number of nitrogens with two attached hydrogens (primary N) is 1. The van der Waals surface area contributed by atoms with Crippen molar-refractivity contribution < 1.29 is 14.3 Å². The fourth-order valence-electron chi connectivity index (χ4n) is 3.24. The molecule has 29 heavy (non-hydrogen) atoms. The summed E-state index contributed by atoms with van der Waals surface area (Å²) in [5.74, 6) is -0.338. The van der Waals surface area contributed by atoms with Gasteiger partial charge < -0.3 is 15.8 Å². The fourth-order valence-corrected chi connectivity index (χ4v) is 3.24. The van der Waals surface area contributed by atoms with Crippen molar-refractivity contribution in [1.29, 1.82) is 0 Å². The van der Waals surface area contributed by atoms with Gasteiger partial charge in [0.2, 0.25) is 0 Å². The zero-order chi connectivity index (χ0) is 20.5. The van der Waals surface area contributed by atoms with E-state index in [2.05, 4.69) is 29.6 Å². The standard InChI is InChI=1S/C24H24N2O3/c25-24(28)21-13-7-8-14-22(21)29-17-23(27)26-16-15-20(18-9-3-1-4-10-18)19-11-5-2-6-12-19/h1-14,20H,15-17H2,(H2,25,28)(H,26,27). The number of primary amides is 1. The number of rotatable bonds is 9. The average Bonchev–Trinajstić information content (AvgIpc) is 2.76. The van der Waals surface area contributed by atoms with Crippen molar-refractivity contribution in [3.63, 3.8) is 0 Å². The monoisotopic (exact) mass is 388 g/mol. The first-order valence-corrected chi connectivity index (χ1v) is 9.53. The maximum atomic E-state index is 12.2. The maximum absolute atomic E-state index is 12.2. The molecular weight excluding hydrogens is 364 g/mol. The third-order valence-corrected chi connectivity index (χ3v) is 4.67. The van der Waals surface area contributed by atoms with Gasteiger partial charge in [-0.3, -0.25) is 9.59 Å². The summed E-state index contributed by atoms with van der Waals surface area (Å²) in [6.07, 6.45) is 0.762. The highest BCUT2D eigenvalue weighted by Gasteiger charge is 2.15. The molecule has 0 spiro atoms. The van der Waals surface area contributed by atoms with Gasteiger partial charge >= 0.3 is 0 Å². The van der Waals surface area contributed by atoms with E-state index in [1.165, 1.54) is 11.1 Å². The van der Waals surface area contributed by atoms with Crippen molar-refractivity contribution in [1.82, 2.24) is 5.32 Å². The lowest BCUT2D eigenvalue weighted by molar-refractivity contribution is -0.123. The van der Waals surface area contributed by atoms with Crippen LogP contribution in [-0.4, -0.2) is 25.0 Å². The quantitative estimate of drug-likeness (QED) is 0.589. The second-order valence-electron chi connectivity index (χ2n) is 6.66. The van der Waals surface area contributed by atoms with Crippen LogP contribution in [0.25, 0.3) is 0 Å². The van der Waals surface area contributed by atoms with Gasteiger partial charge in [-0.2, -0.15) is 0 Å². The lowest BCUT2D eigenvalue weighted by Crippen LogP contribution is -2.31. The van der Waals surface area contributed by atoms with Crippen LogP contribution < -0.4 is 15.8 Å². The van der Waals surface area contributed by atoms with Crippen LogP contribution in [0.5, 0.6) is 5.75 Å². The number of para-hydroxylation sites is 1. The van der Waals surface area contributed by atoms with Gasteiger partial charge in [0.25, 0.3) is 11.8 Å². The number of carbonyl (C=O) groups excluding carboxylic acids is 2. The molecule has 5 nitrogen and oxygen atoms in total. The lowest BCUT2D eigenvalue weighted by Gasteiger charge is -2.18. The Hall–Kier alpha value is -3.60. The highest BCUT2D eigenvalue weighted by molar-refractivity contribution is 5.95. The highest BCUT2D eigenvalue weighted by Crippen LogP contribution is 2.27. The summed E-state index contributed by atoms with van der Waals surface area (Å²) in [5, 5.41) is 2.89. The average molecular weight is 388 g/mol. The van der Waals surface area contributed by atoms with E-state index in [4.69, 9.17) is 10.5 Å². The highest BCUT2D eigenvalue weighted by atomic mass is 16.5. The molecule has 0 aliphatic carbocycles. The first-order chi connectivity index (χ1) is 14.1. The Morgan fingerprint density at radius 3 is 1.97 bits per heavy atom. The van der Waals surface area contributed by atoms with Crippen LogP contribution in [0.3, 0.4) is 0 Å². The minimum absolute atomic E-state index is 0.175. The molecule has 3 aromatic rings. The van der Waals surface area contributed by atoms with Crippen molar-refractivity contribution in [3.8, 4) is 5.75 Å². The molecule has 0 saturated carbocycles. The number of hydrogen-bond donors (Lipinski definition) is 2. The summed E-state index contributed by atoms with van der Waals surface area (Å²) in [5.41, 5.74) is 8.00. The Labute approximate surface area is 170 Å². The number of hydrogen-bond acceptors (Lipinski definition) is 3. The Balaban J connectivity index is 1.56. The number of nitrogens with one attached hydrogen (secondary N) is 1. The maximum Gasteiger partial charge on any atom is 0.257 e. The Bertz CT molecular complexity index is 903. The molecule has 0 aliphatic rings. The molecular formula is C24H24N2O3. The molecule has 0 aliphatic heterocycles. The van der Waals surface area contributed by atoms with Gasteiger partial charge in [0.15, 0.2) is 6.61 Å². The van der Waals surface area contributed by atoms with Crippen molar-refractivity contribution in [3.05, 3.63) is 102 Å². The third kappa shape index (κ3) is 5.69. The first-order valence-electron chi connectivity index (χ1n) is 9.53. The molecule has 3 rings (SSSR count). The summed E-state index contributed by atoms with van der Waals surface area (Å²) in [6, 6.07) is 27.1. The third-order valence-electron chi connectivity index (χ3n) is 4.67. The molecule has 0 unspecified atom stereocenters. The Morgan fingerprint density at radius 1 is 0.828 bits per heavy atom. The number of carbonyl (C=O) groups is 2. The van der Waals surface area contributed by atoms with Gasteiger partial charge in [0.05, 0.1) is 5.56 Å². The predicted molar refractivity (Wildman–Crippen MR) is 113 cm³/mol. The fraction of sp³-hybridized carbons (Fsp3) is 0.167. The van der Waals surface area contributed by atoms with Crippen LogP contribution in [0, 0.1) is 0 Å². The molecule has 2 amide bonds. The Kier molecular flexibility index (Phi) is 7.00. The molecule has 3 N–H and O–H groups in total. The van der Waals surface area contributed by atoms with E-state index >= 15 is 0 Å². The summed E-state index contributed by atoms with van der Waals surface area (Å²) in [4.78, 5) is 23.6.